The first-order chi connectivity index (χ1) is 11.7. The first kappa shape index (κ1) is 14.4. The molecular formula is C19H15N3O2. The van der Waals surface area contributed by atoms with Crippen molar-refractivity contribution in [2.45, 2.75) is 12.3 Å². The summed E-state index contributed by atoms with van der Waals surface area (Å²) in [5.74, 6) is -0.853. The molecule has 118 valence electrons. The number of carbonyl (C=O) groups is 2. The molecule has 0 bridgehead atoms. The molecule has 0 spiro atoms. The maximum atomic E-state index is 12.8. The number of fused-ring (bicyclic) bond motifs is 2. The molecule has 0 fully saturated rings. The Balaban J connectivity index is 1.68. The summed E-state index contributed by atoms with van der Waals surface area (Å²) in [4.78, 5) is 29.0. The molecule has 1 aromatic heterocycles. The summed E-state index contributed by atoms with van der Waals surface area (Å²) in [6.07, 6.45) is 1.84. The molecule has 0 saturated heterocycles. The lowest BCUT2D eigenvalue weighted by Gasteiger charge is -2.24. The van der Waals surface area contributed by atoms with Crippen LogP contribution in [-0.2, 0) is 9.59 Å². The van der Waals surface area contributed by atoms with Gasteiger partial charge >= 0.3 is 0 Å². The zero-order chi connectivity index (χ0) is 16.5. The molecule has 0 radical (unpaired) electrons. The van der Waals surface area contributed by atoms with Gasteiger partial charge in [-0.2, -0.15) is 0 Å². The fourth-order valence-corrected chi connectivity index (χ4v) is 3.07. The highest BCUT2D eigenvalue weighted by Crippen LogP contribution is 2.33. The number of para-hydroxylation sites is 2. The van der Waals surface area contributed by atoms with E-state index in [1.165, 1.54) is 0 Å². The maximum Gasteiger partial charge on any atom is 0.232 e. The van der Waals surface area contributed by atoms with Crippen LogP contribution in [0.1, 0.15) is 17.9 Å². The van der Waals surface area contributed by atoms with E-state index in [9.17, 15) is 9.59 Å². The highest BCUT2D eigenvalue weighted by Gasteiger charge is 2.30. The molecule has 2 amide bonds. The van der Waals surface area contributed by atoms with Crippen molar-refractivity contribution in [3.05, 3.63) is 66.4 Å². The van der Waals surface area contributed by atoms with Crippen LogP contribution >= 0.6 is 0 Å². The summed E-state index contributed by atoms with van der Waals surface area (Å²) in [5.41, 5.74) is 2.93. The highest BCUT2D eigenvalue weighted by molar-refractivity contribution is 6.07. The summed E-state index contributed by atoms with van der Waals surface area (Å²) in [7, 11) is 0. The second-order valence-corrected chi connectivity index (χ2v) is 5.76. The van der Waals surface area contributed by atoms with Crippen LogP contribution in [0.5, 0.6) is 0 Å². The van der Waals surface area contributed by atoms with Gasteiger partial charge in [-0.25, -0.2) is 0 Å². The fourth-order valence-electron chi connectivity index (χ4n) is 3.07. The number of rotatable bonds is 2. The average molecular weight is 317 g/mol. The Morgan fingerprint density at radius 3 is 2.83 bits per heavy atom. The zero-order valence-electron chi connectivity index (χ0n) is 12.8. The molecule has 1 atom stereocenters. The first-order valence-corrected chi connectivity index (χ1v) is 7.76. The Labute approximate surface area is 138 Å². The number of amides is 2. The smallest absolute Gasteiger partial charge is 0.232 e. The summed E-state index contributed by atoms with van der Waals surface area (Å²) >= 11 is 0. The Morgan fingerprint density at radius 1 is 1.08 bits per heavy atom. The van der Waals surface area contributed by atoms with Crippen molar-refractivity contribution in [2.24, 2.45) is 0 Å². The molecule has 1 aliphatic heterocycles. The van der Waals surface area contributed by atoms with Crippen LogP contribution < -0.4 is 10.6 Å². The number of pyridine rings is 1. The molecule has 0 saturated carbocycles. The predicted molar refractivity (Wildman–Crippen MR) is 92.8 cm³/mol. The van der Waals surface area contributed by atoms with Gasteiger partial charge in [0.2, 0.25) is 11.8 Å². The molecule has 2 N–H and O–H groups in total. The Hall–Kier alpha value is -3.21. The molecule has 5 heteroatoms. The lowest BCUT2D eigenvalue weighted by atomic mass is 9.89. The van der Waals surface area contributed by atoms with E-state index in [0.717, 1.165) is 16.5 Å². The third-order valence-corrected chi connectivity index (χ3v) is 4.21. The topological polar surface area (TPSA) is 71.1 Å². The van der Waals surface area contributed by atoms with Crippen molar-refractivity contribution in [2.75, 3.05) is 10.6 Å². The summed E-state index contributed by atoms with van der Waals surface area (Å²) < 4.78 is 0. The zero-order valence-corrected chi connectivity index (χ0v) is 12.8. The van der Waals surface area contributed by atoms with Crippen molar-refractivity contribution in [1.29, 1.82) is 0 Å². The van der Waals surface area contributed by atoms with Crippen LogP contribution in [-0.4, -0.2) is 16.8 Å². The van der Waals surface area contributed by atoms with E-state index in [4.69, 9.17) is 0 Å². The van der Waals surface area contributed by atoms with Gasteiger partial charge in [-0.05, 0) is 23.8 Å². The molecule has 1 unspecified atom stereocenters. The number of nitrogens with zero attached hydrogens (tertiary/aromatic N) is 1. The minimum atomic E-state index is -0.506. The minimum absolute atomic E-state index is 0.140. The van der Waals surface area contributed by atoms with E-state index in [0.29, 0.717) is 11.4 Å². The van der Waals surface area contributed by atoms with Gasteiger partial charge in [0.05, 0.1) is 17.1 Å². The maximum absolute atomic E-state index is 12.8. The standard InChI is InChI=1S/C19H15N3O2/c23-17-11-14(13-7-1-2-8-15(13)21-17)19(24)22-16-9-3-5-12-6-4-10-20-18(12)16/h1-10,14H,11H2,(H,21,23)(H,22,24). The quantitative estimate of drug-likeness (QED) is 0.762. The summed E-state index contributed by atoms with van der Waals surface area (Å²) in [5, 5.41) is 6.70. The van der Waals surface area contributed by atoms with Gasteiger partial charge < -0.3 is 10.6 Å². The highest BCUT2D eigenvalue weighted by atomic mass is 16.2. The molecule has 1 aliphatic rings. The van der Waals surface area contributed by atoms with Gasteiger partial charge in [0.1, 0.15) is 0 Å². The summed E-state index contributed by atoms with van der Waals surface area (Å²) in [6.45, 7) is 0. The molecular weight excluding hydrogens is 302 g/mol. The molecule has 3 aromatic rings. The Morgan fingerprint density at radius 2 is 1.92 bits per heavy atom. The van der Waals surface area contributed by atoms with Crippen LogP contribution in [0.25, 0.3) is 10.9 Å². The van der Waals surface area contributed by atoms with Crippen LogP contribution in [0.3, 0.4) is 0 Å². The van der Waals surface area contributed by atoms with Gasteiger partial charge in [-0.15, -0.1) is 0 Å². The second-order valence-electron chi connectivity index (χ2n) is 5.76. The second kappa shape index (κ2) is 5.77. The van der Waals surface area contributed by atoms with Crippen LogP contribution in [0.4, 0.5) is 11.4 Å². The number of anilines is 2. The van der Waals surface area contributed by atoms with Crippen molar-refractivity contribution in [3.8, 4) is 0 Å². The Bertz CT molecular complexity index is 947. The van der Waals surface area contributed by atoms with Crippen molar-refractivity contribution in [3.63, 3.8) is 0 Å². The van der Waals surface area contributed by atoms with Gasteiger partial charge in [0, 0.05) is 23.7 Å². The lowest BCUT2D eigenvalue weighted by Crippen LogP contribution is -2.30. The van der Waals surface area contributed by atoms with Crippen molar-refractivity contribution >= 4 is 34.1 Å². The van der Waals surface area contributed by atoms with E-state index in [2.05, 4.69) is 15.6 Å². The third-order valence-electron chi connectivity index (χ3n) is 4.21. The molecule has 4 rings (SSSR count). The van der Waals surface area contributed by atoms with Gasteiger partial charge in [0.15, 0.2) is 0 Å². The number of benzene rings is 2. The molecule has 24 heavy (non-hydrogen) atoms. The minimum Gasteiger partial charge on any atom is -0.326 e. The average Bonchev–Trinajstić information content (AvgIpc) is 2.61. The third kappa shape index (κ3) is 2.50. The molecule has 5 nitrogen and oxygen atoms in total. The predicted octanol–water partition coefficient (Wildman–Crippen LogP) is 3.30. The van der Waals surface area contributed by atoms with Crippen LogP contribution in [0.2, 0.25) is 0 Å². The number of carbonyl (C=O) groups excluding carboxylic acids is 2. The van der Waals surface area contributed by atoms with E-state index >= 15 is 0 Å². The number of hydrogen-bond acceptors (Lipinski definition) is 3. The number of nitrogens with one attached hydrogen (secondary N) is 2. The largest absolute Gasteiger partial charge is 0.326 e. The molecule has 2 aromatic carbocycles. The normalized spacial score (nSPS) is 16.3. The monoisotopic (exact) mass is 317 g/mol. The van der Waals surface area contributed by atoms with Gasteiger partial charge in [0.25, 0.3) is 0 Å². The molecule has 2 heterocycles. The van der Waals surface area contributed by atoms with E-state index in [1.54, 1.807) is 6.20 Å². The SMILES string of the molecule is O=C1CC(C(=O)Nc2cccc3cccnc23)c2ccccc2N1. The van der Waals surface area contributed by atoms with Crippen LogP contribution in [0.15, 0.2) is 60.8 Å². The summed E-state index contributed by atoms with van der Waals surface area (Å²) in [6, 6.07) is 16.8. The Kier molecular flexibility index (Phi) is 3.46. The number of aromatic nitrogens is 1. The van der Waals surface area contributed by atoms with Crippen molar-refractivity contribution < 1.29 is 9.59 Å². The van der Waals surface area contributed by atoms with E-state index in [-0.39, 0.29) is 18.2 Å². The van der Waals surface area contributed by atoms with Gasteiger partial charge in [-0.3, -0.25) is 14.6 Å². The lowest BCUT2D eigenvalue weighted by molar-refractivity contribution is -0.123. The van der Waals surface area contributed by atoms with E-state index in [1.807, 2.05) is 54.6 Å². The van der Waals surface area contributed by atoms with E-state index < -0.39 is 5.92 Å². The van der Waals surface area contributed by atoms with Gasteiger partial charge in [-0.1, -0.05) is 36.4 Å². The fraction of sp³-hybridized carbons (Fsp3) is 0.105. The van der Waals surface area contributed by atoms with Crippen LogP contribution in [0, 0.1) is 0 Å². The number of hydrogen-bond donors (Lipinski definition) is 2. The molecule has 0 aliphatic carbocycles. The van der Waals surface area contributed by atoms with Crippen molar-refractivity contribution in [1.82, 2.24) is 4.98 Å². The first-order valence-electron chi connectivity index (χ1n) is 7.76.